The Morgan fingerprint density at radius 3 is 1.83 bits per heavy atom. The quantitative estimate of drug-likeness (QED) is 0.450. The Morgan fingerprint density at radius 1 is 0.870 bits per heavy atom. The summed E-state index contributed by atoms with van der Waals surface area (Å²) in [6.07, 6.45) is 0.629. The fourth-order valence-electron chi connectivity index (χ4n) is 1.94. The Bertz CT molecular complexity index is 639. The molecular weight excluding hydrogens is 320 g/mol. The third-order valence-electron chi connectivity index (χ3n) is 2.96. The van der Waals surface area contributed by atoms with Gasteiger partial charge in [-0.2, -0.15) is 9.97 Å². The third-order valence-corrected chi connectivity index (χ3v) is 2.96. The van der Waals surface area contributed by atoms with Crippen molar-refractivity contribution < 1.29 is 5.11 Å². The predicted molar refractivity (Wildman–Crippen MR) is 95.8 cm³/mol. The van der Waals surface area contributed by atoms with Crippen LogP contribution in [0.5, 0.6) is 0 Å². The van der Waals surface area contributed by atoms with Gasteiger partial charge in [0.2, 0.25) is 11.9 Å². The highest BCUT2D eigenvalue weighted by Gasteiger charge is 2.14. The molecule has 23 heavy (non-hydrogen) atoms. The van der Waals surface area contributed by atoms with Crippen molar-refractivity contribution in [3.05, 3.63) is 0 Å². The number of hydrogen-bond acceptors (Lipinski definition) is 9. The molecule has 0 aliphatic carbocycles. The largest absolute Gasteiger partial charge is 0.396 e. The van der Waals surface area contributed by atoms with Gasteiger partial charge in [-0.25, -0.2) is 9.97 Å². The summed E-state index contributed by atoms with van der Waals surface area (Å²) in [6.45, 7) is 3.44. The van der Waals surface area contributed by atoms with E-state index in [2.05, 4.69) is 41.2 Å². The van der Waals surface area contributed by atoms with Crippen molar-refractivity contribution >= 4 is 47.0 Å². The van der Waals surface area contributed by atoms with E-state index in [1.54, 1.807) is 14.1 Å². The minimum atomic E-state index is 0. The van der Waals surface area contributed by atoms with Gasteiger partial charge < -0.3 is 26.4 Å². The molecule has 128 valence electrons. The zero-order valence-corrected chi connectivity index (χ0v) is 14.3. The van der Waals surface area contributed by atoms with Crippen molar-refractivity contribution in [2.75, 3.05) is 55.1 Å². The van der Waals surface area contributed by atoms with Gasteiger partial charge in [-0.15, -0.1) is 12.4 Å². The normalized spacial score (nSPS) is 10.1. The van der Waals surface area contributed by atoms with Crippen molar-refractivity contribution in [1.82, 2.24) is 19.9 Å². The number of fused-ring (bicyclic) bond motifs is 1. The first kappa shape index (κ1) is 18.9. The minimum absolute atomic E-state index is 0. The van der Waals surface area contributed by atoms with E-state index in [1.165, 1.54) is 0 Å². The summed E-state index contributed by atoms with van der Waals surface area (Å²) in [6, 6.07) is 0. The molecule has 0 radical (unpaired) electrons. The summed E-state index contributed by atoms with van der Waals surface area (Å²) >= 11 is 0. The van der Waals surface area contributed by atoms with E-state index in [-0.39, 0.29) is 19.0 Å². The first-order chi connectivity index (χ1) is 10.7. The second-order valence-electron chi connectivity index (χ2n) is 4.52. The molecule has 0 aromatic carbocycles. The molecule has 0 aliphatic rings. The third kappa shape index (κ3) is 4.42. The van der Waals surface area contributed by atoms with Crippen LogP contribution in [0.15, 0.2) is 0 Å². The Morgan fingerprint density at radius 2 is 1.39 bits per heavy atom. The van der Waals surface area contributed by atoms with Crippen molar-refractivity contribution in [2.45, 2.75) is 13.3 Å². The molecule has 2 aromatic rings. The van der Waals surface area contributed by atoms with E-state index in [1.807, 2.05) is 6.92 Å². The van der Waals surface area contributed by atoms with Crippen LogP contribution in [0.3, 0.4) is 0 Å². The summed E-state index contributed by atoms with van der Waals surface area (Å²) in [5.74, 6) is 2.25. The summed E-state index contributed by atoms with van der Waals surface area (Å²) in [5.41, 5.74) is 1.28. The number of halogens is 1. The van der Waals surface area contributed by atoms with Gasteiger partial charge in [-0.1, -0.05) is 0 Å². The minimum Gasteiger partial charge on any atom is -0.396 e. The van der Waals surface area contributed by atoms with Crippen LogP contribution in [0.2, 0.25) is 0 Å². The van der Waals surface area contributed by atoms with E-state index in [9.17, 15) is 0 Å². The Balaban J connectivity index is 0.00000264. The van der Waals surface area contributed by atoms with E-state index < -0.39 is 0 Å². The molecule has 0 saturated heterocycles. The number of nitrogens with one attached hydrogen (secondary N) is 4. The molecule has 0 amide bonds. The van der Waals surface area contributed by atoms with Crippen LogP contribution >= 0.6 is 12.4 Å². The van der Waals surface area contributed by atoms with Crippen LogP contribution in [-0.2, 0) is 0 Å². The molecule has 9 nitrogen and oxygen atoms in total. The van der Waals surface area contributed by atoms with Gasteiger partial charge in [0.25, 0.3) is 0 Å². The lowest BCUT2D eigenvalue weighted by Crippen LogP contribution is -2.12. The van der Waals surface area contributed by atoms with Crippen LogP contribution in [-0.4, -0.2) is 58.8 Å². The topological polar surface area (TPSA) is 120 Å². The fourth-order valence-corrected chi connectivity index (χ4v) is 1.94. The highest BCUT2D eigenvalue weighted by atomic mass is 35.5. The molecule has 2 rings (SSSR count). The summed E-state index contributed by atoms with van der Waals surface area (Å²) in [5, 5.41) is 21.2. The zero-order chi connectivity index (χ0) is 15.9. The summed E-state index contributed by atoms with van der Waals surface area (Å²) in [7, 11) is 3.52. The lowest BCUT2D eigenvalue weighted by Gasteiger charge is -2.13. The van der Waals surface area contributed by atoms with Crippen molar-refractivity contribution in [2.24, 2.45) is 0 Å². The maximum atomic E-state index is 8.92. The number of anilines is 4. The fraction of sp³-hybridized carbons (Fsp3) is 0.538. The molecule has 10 heteroatoms. The summed E-state index contributed by atoms with van der Waals surface area (Å²) < 4.78 is 0. The van der Waals surface area contributed by atoms with E-state index in [0.717, 1.165) is 6.54 Å². The Kier molecular flexibility index (Phi) is 7.49. The summed E-state index contributed by atoms with van der Waals surface area (Å²) in [4.78, 5) is 17.7. The zero-order valence-electron chi connectivity index (χ0n) is 13.5. The number of rotatable bonds is 8. The van der Waals surface area contributed by atoms with Gasteiger partial charge >= 0.3 is 0 Å². The molecule has 0 saturated carbocycles. The molecule has 0 spiro atoms. The molecule has 0 unspecified atom stereocenters. The van der Waals surface area contributed by atoms with E-state index in [0.29, 0.717) is 47.5 Å². The lowest BCUT2D eigenvalue weighted by atomic mass is 10.3. The number of nitrogens with zero attached hydrogens (tertiary/aromatic N) is 4. The van der Waals surface area contributed by atoms with Crippen LogP contribution in [0.1, 0.15) is 13.3 Å². The van der Waals surface area contributed by atoms with Gasteiger partial charge in [0.1, 0.15) is 11.0 Å². The van der Waals surface area contributed by atoms with Gasteiger partial charge in [0.05, 0.1) is 0 Å². The number of aromatic nitrogens is 4. The molecule has 2 heterocycles. The Hall–Kier alpha value is -2.13. The average molecular weight is 343 g/mol. The molecule has 5 N–H and O–H groups in total. The molecule has 0 atom stereocenters. The highest BCUT2D eigenvalue weighted by Crippen LogP contribution is 2.26. The number of hydrogen-bond donors (Lipinski definition) is 5. The molecule has 0 aliphatic heterocycles. The van der Waals surface area contributed by atoms with Gasteiger partial charge in [-0.05, 0) is 13.3 Å². The number of aliphatic hydroxyl groups is 1. The average Bonchev–Trinajstić information content (AvgIpc) is 2.55. The smallest absolute Gasteiger partial charge is 0.225 e. The second-order valence-corrected chi connectivity index (χ2v) is 4.52. The van der Waals surface area contributed by atoms with Crippen molar-refractivity contribution in [1.29, 1.82) is 0 Å². The second kappa shape index (κ2) is 9.11. The lowest BCUT2D eigenvalue weighted by molar-refractivity contribution is 0.292. The van der Waals surface area contributed by atoms with Crippen molar-refractivity contribution in [3.63, 3.8) is 0 Å². The van der Waals surface area contributed by atoms with E-state index >= 15 is 0 Å². The van der Waals surface area contributed by atoms with E-state index in [4.69, 9.17) is 5.11 Å². The van der Waals surface area contributed by atoms with Gasteiger partial charge in [0.15, 0.2) is 11.6 Å². The monoisotopic (exact) mass is 342 g/mol. The van der Waals surface area contributed by atoms with Crippen LogP contribution in [0.4, 0.5) is 23.5 Å². The first-order valence-corrected chi connectivity index (χ1v) is 7.27. The predicted octanol–water partition coefficient (Wildman–Crippen LogP) is 1.15. The van der Waals surface area contributed by atoms with Gasteiger partial charge in [-0.3, -0.25) is 0 Å². The van der Waals surface area contributed by atoms with Crippen LogP contribution < -0.4 is 21.3 Å². The molecule has 0 bridgehead atoms. The SMILES string of the molecule is CCNc1nc(NC)nc2c(NCCCO)nc(NC)nc12.Cl. The van der Waals surface area contributed by atoms with Gasteiger partial charge in [0, 0.05) is 33.8 Å². The maximum absolute atomic E-state index is 8.92. The number of aliphatic hydroxyl groups excluding tert-OH is 1. The van der Waals surface area contributed by atoms with Crippen LogP contribution in [0.25, 0.3) is 11.0 Å². The Labute approximate surface area is 141 Å². The molecule has 2 aromatic heterocycles. The standard InChI is InChI=1S/C13H22N8O.ClH/c1-4-16-10-8-9(19-12(14-2)20-10)11(17-6-5-7-22)21-13(15-3)18-8;/h22H,4-7H2,1-3H3,(H2,14,16,19,20)(H2,15,17,18,21);1H. The van der Waals surface area contributed by atoms with Crippen LogP contribution in [0, 0.1) is 0 Å². The molecular formula is C13H23ClN8O. The molecule has 0 fully saturated rings. The highest BCUT2D eigenvalue weighted by molar-refractivity contribution is 5.94. The van der Waals surface area contributed by atoms with Crippen molar-refractivity contribution in [3.8, 4) is 0 Å². The maximum Gasteiger partial charge on any atom is 0.225 e. The first-order valence-electron chi connectivity index (χ1n) is 7.27.